The summed E-state index contributed by atoms with van der Waals surface area (Å²) >= 11 is 0. The molecule has 0 saturated heterocycles. The van der Waals surface area contributed by atoms with Gasteiger partial charge in [0, 0.05) is 12.1 Å². The second-order valence-corrected chi connectivity index (χ2v) is 3.50. The molecule has 0 spiro atoms. The summed E-state index contributed by atoms with van der Waals surface area (Å²) in [6.07, 6.45) is 9.48. The van der Waals surface area contributed by atoms with E-state index in [1.165, 1.54) is 6.42 Å². The molecule has 1 amide bonds. The second kappa shape index (κ2) is 4.88. The summed E-state index contributed by atoms with van der Waals surface area (Å²) in [7, 11) is 0. The molecule has 0 unspecified atom stereocenters. The zero-order chi connectivity index (χ0) is 9.68. The van der Waals surface area contributed by atoms with Gasteiger partial charge in [0.05, 0.1) is 6.42 Å². The van der Waals surface area contributed by atoms with E-state index in [0.717, 1.165) is 19.3 Å². The zero-order valence-electron chi connectivity index (χ0n) is 7.75. The Morgan fingerprint density at radius 1 is 1.54 bits per heavy atom. The lowest BCUT2D eigenvalue weighted by Gasteiger charge is -2.29. The van der Waals surface area contributed by atoms with E-state index in [1.54, 1.807) is 0 Å². The minimum atomic E-state index is -0.0788. The smallest absolute Gasteiger partial charge is 0.232 e. The largest absolute Gasteiger partial charge is 0.351 e. The molecule has 13 heavy (non-hydrogen) atoms. The standard InChI is InChI=1S/C10H16N2O/c1-2-5-10(13)12-9-7-4-3-6-8(9)11/h1,8-9H,3-7,11H2,(H,12,13)/t8-,9-/m1/s1. The molecule has 2 atom stereocenters. The van der Waals surface area contributed by atoms with E-state index in [9.17, 15) is 4.79 Å². The van der Waals surface area contributed by atoms with Crippen LogP contribution in [0, 0.1) is 12.3 Å². The molecule has 0 heterocycles. The van der Waals surface area contributed by atoms with Crippen LogP contribution < -0.4 is 11.1 Å². The third kappa shape index (κ3) is 3.08. The minimum absolute atomic E-state index is 0.0788. The minimum Gasteiger partial charge on any atom is -0.351 e. The molecule has 0 aromatic heterocycles. The molecule has 1 fully saturated rings. The van der Waals surface area contributed by atoms with Crippen molar-refractivity contribution >= 4 is 5.91 Å². The van der Waals surface area contributed by atoms with Gasteiger partial charge in [-0.15, -0.1) is 6.42 Å². The van der Waals surface area contributed by atoms with Gasteiger partial charge in [0.2, 0.25) is 5.91 Å². The van der Waals surface area contributed by atoms with Crippen molar-refractivity contribution in [3.05, 3.63) is 0 Å². The number of amides is 1. The fourth-order valence-electron chi connectivity index (χ4n) is 1.69. The maximum atomic E-state index is 11.1. The topological polar surface area (TPSA) is 55.1 Å². The van der Waals surface area contributed by atoms with Crippen molar-refractivity contribution in [3.63, 3.8) is 0 Å². The summed E-state index contributed by atoms with van der Waals surface area (Å²) in [6, 6.07) is 0.241. The third-order valence-electron chi connectivity index (χ3n) is 2.43. The first-order valence-corrected chi connectivity index (χ1v) is 4.72. The Hall–Kier alpha value is -1.01. The van der Waals surface area contributed by atoms with Crippen molar-refractivity contribution in [2.24, 2.45) is 5.73 Å². The number of hydrogen-bond acceptors (Lipinski definition) is 2. The molecular weight excluding hydrogens is 164 g/mol. The van der Waals surface area contributed by atoms with Crippen molar-refractivity contribution in [3.8, 4) is 12.3 Å². The number of carbonyl (C=O) groups excluding carboxylic acids is 1. The summed E-state index contributed by atoms with van der Waals surface area (Å²) in [4.78, 5) is 11.1. The monoisotopic (exact) mass is 180 g/mol. The summed E-state index contributed by atoms with van der Waals surface area (Å²) in [5.41, 5.74) is 5.86. The first-order chi connectivity index (χ1) is 6.24. The molecule has 0 aromatic rings. The molecule has 1 aliphatic carbocycles. The maximum Gasteiger partial charge on any atom is 0.232 e. The van der Waals surface area contributed by atoms with Crippen LogP contribution in [0.1, 0.15) is 32.1 Å². The molecule has 1 saturated carbocycles. The lowest BCUT2D eigenvalue weighted by molar-refractivity contribution is -0.121. The van der Waals surface area contributed by atoms with Crippen LogP contribution in [0.2, 0.25) is 0 Å². The van der Waals surface area contributed by atoms with E-state index < -0.39 is 0 Å². The van der Waals surface area contributed by atoms with Gasteiger partial charge in [0.15, 0.2) is 0 Å². The second-order valence-electron chi connectivity index (χ2n) is 3.50. The van der Waals surface area contributed by atoms with E-state index in [2.05, 4.69) is 11.2 Å². The highest BCUT2D eigenvalue weighted by atomic mass is 16.1. The molecule has 3 heteroatoms. The summed E-state index contributed by atoms with van der Waals surface area (Å²) in [5, 5.41) is 2.86. The molecule has 3 N–H and O–H groups in total. The van der Waals surface area contributed by atoms with E-state index in [4.69, 9.17) is 12.2 Å². The van der Waals surface area contributed by atoms with Gasteiger partial charge in [-0.2, -0.15) is 0 Å². The van der Waals surface area contributed by atoms with E-state index in [0.29, 0.717) is 0 Å². The quantitative estimate of drug-likeness (QED) is 0.604. The Bertz CT molecular complexity index is 219. The Morgan fingerprint density at radius 2 is 2.23 bits per heavy atom. The predicted molar refractivity (Wildman–Crippen MR) is 51.8 cm³/mol. The zero-order valence-corrected chi connectivity index (χ0v) is 7.75. The number of rotatable bonds is 2. The number of hydrogen-bond donors (Lipinski definition) is 2. The molecule has 1 aliphatic rings. The summed E-state index contributed by atoms with van der Waals surface area (Å²) in [5.74, 6) is 2.24. The van der Waals surface area contributed by atoms with Crippen LogP contribution >= 0.6 is 0 Å². The van der Waals surface area contributed by atoms with Crippen LogP contribution in [-0.4, -0.2) is 18.0 Å². The maximum absolute atomic E-state index is 11.1. The first-order valence-electron chi connectivity index (χ1n) is 4.72. The highest BCUT2D eigenvalue weighted by Gasteiger charge is 2.22. The molecule has 72 valence electrons. The number of nitrogens with one attached hydrogen (secondary N) is 1. The molecule has 1 rings (SSSR count). The van der Waals surface area contributed by atoms with E-state index in [1.807, 2.05) is 0 Å². The molecule has 0 aromatic carbocycles. The van der Waals surface area contributed by atoms with Gasteiger partial charge in [-0.1, -0.05) is 18.8 Å². The van der Waals surface area contributed by atoms with Crippen molar-refractivity contribution < 1.29 is 4.79 Å². The molecule has 0 aliphatic heterocycles. The highest BCUT2D eigenvalue weighted by Crippen LogP contribution is 2.16. The molecule has 0 bridgehead atoms. The lowest BCUT2D eigenvalue weighted by atomic mass is 9.91. The van der Waals surface area contributed by atoms with Gasteiger partial charge < -0.3 is 11.1 Å². The normalized spacial score (nSPS) is 27.7. The van der Waals surface area contributed by atoms with E-state index in [-0.39, 0.29) is 24.4 Å². The van der Waals surface area contributed by atoms with Crippen molar-refractivity contribution in [1.29, 1.82) is 0 Å². The Labute approximate surface area is 79.1 Å². The van der Waals surface area contributed by atoms with Crippen molar-refractivity contribution in [2.75, 3.05) is 0 Å². The van der Waals surface area contributed by atoms with Crippen LogP contribution in [-0.2, 0) is 4.79 Å². The van der Waals surface area contributed by atoms with Crippen molar-refractivity contribution in [1.82, 2.24) is 5.32 Å². The van der Waals surface area contributed by atoms with E-state index >= 15 is 0 Å². The van der Waals surface area contributed by atoms with Crippen LogP contribution in [0.4, 0.5) is 0 Å². The molecule has 3 nitrogen and oxygen atoms in total. The highest BCUT2D eigenvalue weighted by molar-refractivity contribution is 5.78. The summed E-state index contributed by atoms with van der Waals surface area (Å²) in [6.45, 7) is 0. The molecule has 0 radical (unpaired) electrons. The van der Waals surface area contributed by atoms with Gasteiger partial charge in [-0.05, 0) is 12.8 Å². The van der Waals surface area contributed by atoms with Crippen LogP contribution in [0.25, 0.3) is 0 Å². The number of terminal acetylenes is 1. The predicted octanol–water partition coefficient (Wildman–Crippen LogP) is 0.396. The average Bonchev–Trinajstić information content (AvgIpc) is 2.09. The third-order valence-corrected chi connectivity index (χ3v) is 2.43. The van der Waals surface area contributed by atoms with Gasteiger partial charge in [0.25, 0.3) is 0 Å². The van der Waals surface area contributed by atoms with Gasteiger partial charge in [-0.25, -0.2) is 0 Å². The van der Waals surface area contributed by atoms with Crippen LogP contribution in [0.5, 0.6) is 0 Å². The fourth-order valence-corrected chi connectivity index (χ4v) is 1.69. The van der Waals surface area contributed by atoms with Gasteiger partial charge in [0.1, 0.15) is 0 Å². The Morgan fingerprint density at radius 3 is 2.85 bits per heavy atom. The SMILES string of the molecule is C#CCC(=O)N[C@@H]1CCCC[C@H]1N. The number of carbonyl (C=O) groups is 1. The summed E-state index contributed by atoms with van der Waals surface area (Å²) < 4.78 is 0. The fraction of sp³-hybridized carbons (Fsp3) is 0.700. The lowest BCUT2D eigenvalue weighted by Crippen LogP contribution is -2.49. The number of nitrogens with two attached hydrogens (primary N) is 1. The van der Waals surface area contributed by atoms with Crippen molar-refractivity contribution in [2.45, 2.75) is 44.2 Å². The first kappa shape index (κ1) is 10.1. The average molecular weight is 180 g/mol. The van der Waals surface area contributed by atoms with Crippen LogP contribution in [0.15, 0.2) is 0 Å². The van der Waals surface area contributed by atoms with Gasteiger partial charge >= 0.3 is 0 Å². The Kier molecular flexibility index (Phi) is 3.78. The van der Waals surface area contributed by atoms with Gasteiger partial charge in [-0.3, -0.25) is 4.79 Å². The van der Waals surface area contributed by atoms with Crippen LogP contribution in [0.3, 0.4) is 0 Å². The molecular formula is C10H16N2O. The Balaban J connectivity index is 2.34.